The van der Waals surface area contributed by atoms with Gasteiger partial charge in [0.05, 0.1) is 0 Å². The van der Waals surface area contributed by atoms with E-state index < -0.39 is 0 Å². The van der Waals surface area contributed by atoms with Crippen LogP contribution in [-0.2, 0) is 6.42 Å². The van der Waals surface area contributed by atoms with Gasteiger partial charge in [0.1, 0.15) is 0 Å². The number of nitrogen functional groups attached to an aromatic ring is 1. The molecule has 3 rings (SSSR count). The lowest BCUT2D eigenvalue weighted by Gasteiger charge is -2.29. The maximum absolute atomic E-state index is 5.76. The van der Waals surface area contributed by atoms with Gasteiger partial charge in [-0.3, -0.25) is 0 Å². The van der Waals surface area contributed by atoms with Gasteiger partial charge in [-0.25, -0.2) is 0 Å². The molecule has 1 saturated carbocycles. The highest BCUT2D eigenvalue weighted by molar-refractivity contribution is 5.40. The Hall–Kier alpha value is -1.76. The molecule has 104 valence electrons. The van der Waals surface area contributed by atoms with Crippen molar-refractivity contribution < 1.29 is 0 Å². The maximum atomic E-state index is 5.76. The minimum Gasteiger partial charge on any atom is -0.399 e. The Morgan fingerprint density at radius 3 is 2.10 bits per heavy atom. The van der Waals surface area contributed by atoms with E-state index in [0.717, 1.165) is 17.5 Å². The Labute approximate surface area is 121 Å². The summed E-state index contributed by atoms with van der Waals surface area (Å²) in [4.78, 5) is 0. The molecular formula is C19H23N. The first-order chi connectivity index (χ1) is 9.81. The number of benzene rings is 2. The topological polar surface area (TPSA) is 26.0 Å². The van der Waals surface area contributed by atoms with Gasteiger partial charge >= 0.3 is 0 Å². The van der Waals surface area contributed by atoms with E-state index in [1.165, 1.54) is 43.2 Å². The van der Waals surface area contributed by atoms with E-state index >= 15 is 0 Å². The first-order valence-electron chi connectivity index (χ1n) is 7.70. The molecule has 1 aliphatic rings. The lowest BCUT2D eigenvalue weighted by molar-refractivity contribution is 0.324. The van der Waals surface area contributed by atoms with Crippen molar-refractivity contribution >= 4 is 5.69 Å². The van der Waals surface area contributed by atoms with Crippen molar-refractivity contribution in [2.24, 2.45) is 5.92 Å². The predicted octanol–water partition coefficient (Wildman–Crippen LogP) is 4.79. The number of hydrogen-bond donors (Lipinski definition) is 1. The molecular weight excluding hydrogens is 242 g/mol. The minimum absolute atomic E-state index is 0.739. The van der Waals surface area contributed by atoms with Gasteiger partial charge in [0.2, 0.25) is 0 Å². The molecule has 0 atom stereocenters. The fraction of sp³-hybridized carbons (Fsp3) is 0.368. The normalized spacial score (nSPS) is 22.6. The van der Waals surface area contributed by atoms with Gasteiger partial charge in [0, 0.05) is 5.69 Å². The Bertz CT molecular complexity index is 521. The maximum Gasteiger partial charge on any atom is 0.0314 e. The van der Waals surface area contributed by atoms with Gasteiger partial charge in [-0.2, -0.15) is 0 Å². The monoisotopic (exact) mass is 265 g/mol. The Kier molecular flexibility index (Phi) is 4.05. The van der Waals surface area contributed by atoms with Gasteiger partial charge < -0.3 is 5.73 Å². The van der Waals surface area contributed by atoms with E-state index in [2.05, 4.69) is 42.5 Å². The van der Waals surface area contributed by atoms with Crippen molar-refractivity contribution in [2.45, 2.75) is 38.0 Å². The fourth-order valence-corrected chi connectivity index (χ4v) is 3.42. The summed E-state index contributed by atoms with van der Waals surface area (Å²) in [6, 6.07) is 19.4. The largest absolute Gasteiger partial charge is 0.399 e. The van der Waals surface area contributed by atoms with Crippen LogP contribution in [0.4, 0.5) is 5.69 Å². The molecule has 0 amide bonds. The molecule has 2 aromatic rings. The van der Waals surface area contributed by atoms with E-state index in [1.807, 2.05) is 12.1 Å². The van der Waals surface area contributed by atoms with Crippen LogP contribution in [0.5, 0.6) is 0 Å². The van der Waals surface area contributed by atoms with Crippen molar-refractivity contribution in [1.82, 2.24) is 0 Å². The summed E-state index contributed by atoms with van der Waals surface area (Å²) in [5.74, 6) is 1.60. The number of nitrogens with two attached hydrogens (primary N) is 1. The summed E-state index contributed by atoms with van der Waals surface area (Å²) in [6.45, 7) is 0. The summed E-state index contributed by atoms with van der Waals surface area (Å²) in [5.41, 5.74) is 9.59. The molecule has 0 heterocycles. The fourth-order valence-electron chi connectivity index (χ4n) is 3.42. The quantitative estimate of drug-likeness (QED) is 0.794. The van der Waals surface area contributed by atoms with E-state index in [0.29, 0.717) is 0 Å². The number of hydrogen-bond acceptors (Lipinski definition) is 1. The molecule has 1 fully saturated rings. The third-order valence-corrected chi connectivity index (χ3v) is 4.62. The molecule has 0 unspecified atom stereocenters. The highest BCUT2D eigenvalue weighted by Crippen LogP contribution is 2.37. The molecule has 2 N–H and O–H groups in total. The van der Waals surface area contributed by atoms with E-state index in [4.69, 9.17) is 5.73 Å². The smallest absolute Gasteiger partial charge is 0.0314 e. The zero-order valence-corrected chi connectivity index (χ0v) is 12.0. The van der Waals surface area contributed by atoms with Crippen LogP contribution in [0.1, 0.15) is 42.7 Å². The van der Waals surface area contributed by atoms with Crippen LogP contribution < -0.4 is 5.73 Å². The number of anilines is 1. The van der Waals surface area contributed by atoms with Crippen LogP contribution in [0.3, 0.4) is 0 Å². The average Bonchev–Trinajstić information content (AvgIpc) is 2.50. The highest BCUT2D eigenvalue weighted by atomic mass is 14.5. The predicted molar refractivity (Wildman–Crippen MR) is 85.7 cm³/mol. The number of rotatable bonds is 3. The Balaban J connectivity index is 1.55. The molecule has 2 aromatic carbocycles. The molecule has 0 spiro atoms. The summed E-state index contributed by atoms with van der Waals surface area (Å²) in [6.07, 6.45) is 6.59. The van der Waals surface area contributed by atoms with Crippen LogP contribution in [0.2, 0.25) is 0 Å². The third-order valence-electron chi connectivity index (χ3n) is 4.62. The molecule has 0 radical (unpaired) electrons. The van der Waals surface area contributed by atoms with Gasteiger partial charge in [0.15, 0.2) is 0 Å². The van der Waals surface area contributed by atoms with Crippen LogP contribution in [0, 0.1) is 5.92 Å². The molecule has 1 heteroatoms. The second-order valence-electron chi connectivity index (χ2n) is 6.07. The zero-order valence-electron chi connectivity index (χ0n) is 12.0. The van der Waals surface area contributed by atoms with Crippen LogP contribution in [0.15, 0.2) is 54.6 Å². The molecule has 0 aromatic heterocycles. The van der Waals surface area contributed by atoms with Gasteiger partial charge in [0.25, 0.3) is 0 Å². The third kappa shape index (κ3) is 3.22. The molecule has 0 bridgehead atoms. The minimum atomic E-state index is 0.739. The molecule has 20 heavy (non-hydrogen) atoms. The van der Waals surface area contributed by atoms with Crippen LogP contribution in [0.25, 0.3) is 0 Å². The van der Waals surface area contributed by atoms with Gasteiger partial charge in [-0.15, -0.1) is 0 Å². The zero-order chi connectivity index (χ0) is 13.8. The average molecular weight is 265 g/mol. The second kappa shape index (κ2) is 6.13. The first-order valence-corrected chi connectivity index (χ1v) is 7.70. The van der Waals surface area contributed by atoms with E-state index in [9.17, 15) is 0 Å². The van der Waals surface area contributed by atoms with Crippen LogP contribution >= 0.6 is 0 Å². The van der Waals surface area contributed by atoms with Crippen molar-refractivity contribution in [1.29, 1.82) is 0 Å². The summed E-state index contributed by atoms with van der Waals surface area (Å²) in [7, 11) is 0. The highest BCUT2D eigenvalue weighted by Gasteiger charge is 2.22. The molecule has 0 saturated heterocycles. The summed E-state index contributed by atoms with van der Waals surface area (Å²) >= 11 is 0. The molecule has 1 nitrogen and oxygen atoms in total. The van der Waals surface area contributed by atoms with Crippen LogP contribution in [-0.4, -0.2) is 0 Å². The van der Waals surface area contributed by atoms with Crippen molar-refractivity contribution in [3.05, 3.63) is 65.7 Å². The van der Waals surface area contributed by atoms with E-state index in [-0.39, 0.29) is 0 Å². The van der Waals surface area contributed by atoms with Crippen molar-refractivity contribution in [2.75, 3.05) is 5.73 Å². The lowest BCUT2D eigenvalue weighted by atomic mass is 9.76. The first kappa shape index (κ1) is 13.2. The van der Waals surface area contributed by atoms with Crippen molar-refractivity contribution in [3.8, 4) is 0 Å². The van der Waals surface area contributed by atoms with E-state index in [1.54, 1.807) is 0 Å². The SMILES string of the molecule is Nc1ccc(C2CCC(Cc3ccccc3)CC2)cc1. The Morgan fingerprint density at radius 1 is 0.800 bits per heavy atom. The lowest BCUT2D eigenvalue weighted by Crippen LogP contribution is -2.15. The standard InChI is InChI=1S/C19H23N/c20-19-12-10-18(11-13-19)17-8-6-16(7-9-17)14-15-4-2-1-3-5-15/h1-5,10-13,16-17H,6-9,14,20H2. The van der Waals surface area contributed by atoms with Gasteiger partial charge in [-0.1, -0.05) is 42.5 Å². The van der Waals surface area contributed by atoms with Gasteiger partial charge in [-0.05, 0) is 67.2 Å². The second-order valence-corrected chi connectivity index (χ2v) is 6.07. The molecule has 0 aliphatic heterocycles. The van der Waals surface area contributed by atoms with Crippen molar-refractivity contribution in [3.63, 3.8) is 0 Å². The molecule has 1 aliphatic carbocycles. The summed E-state index contributed by atoms with van der Waals surface area (Å²) in [5, 5.41) is 0. The Morgan fingerprint density at radius 2 is 1.45 bits per heavy atom. The summed E-state index contributed by atoms with van der Waals surface area (Å²) < 4.78 is 0.